The molecule has 82 valence electrons. The zero-order chi connectivity index (χ0) is 11.1. The van der Waals surface area contributed by atoms with Gasteiger partial charge in [-0.1, -0.05) is 11.6 Å². The second kappa shape index (κ2) is 3.61. The number of aryl methyl sites for hydroxylation is 1. The average Bonchev–Trinajstić information content (AvgIpc) is 2.08. The molecule has 0 atom stereocenters. The largest absolute Gasteiger partial charge is 0.390 e. The van der Waals surface area contributed by atoms with E-state index >= 15 is 0 Å². The number of nitrogens with one attached hydrogen (secondary N) is 1. The van der Waals surface area contributed by atoms with Crippen LogP contribution in [0.5, 0.6) is 0 Å². The molecule has 0 radical (unpaired) electrons. The van der Waals surface area contributed by atoms with E-state index in [1.54, 1.807) is 0 Å². The van der Waals surface area contributed by atoms with E-state index in [4.69, 9.17) is 11.6 Å². The molecule has 2 N–H and O–H groups in total. The molecule has 0 spiro atoms. The highest BCUT2D eigenvalue weighted by Gasteiger charge is 2.38. The lowest BCUT2D eigenvalue weighted by atomic mass is 9.77. The van der Waals surface area contributed by atoms with Crippen LogP contribution in [0, 0.1) is 6.92 Å². The molecule has 0 bridgehead atoms. The predicted octanol–water partition coefficient (Wildman–Crippen LogP) is 1.76. The lowest BCUT2D eigenvalue weighted by molar-refractivity contribution is -0.0235. The van der Waals surface area contributed by atoms with Gasteiger partial charge in [0.05, 0.1) is 5.60 Å². The minimum Gasteiger partial charge on any atom is -0.390 e. The Morgan fingerprint density at radius 1 is 1.53 bits per heavy atom. The average molecular weight is 228 g/mol. The van der Waals surface area contributed by atoms with Crippen LogP contribution < -0.4 is 5.32 Å². The maximum Gasteiger partial charge on any atom is 0.154 e. The Morgan fingerprint density at radius 2 is 2.20 bits per heavy atom. The van der Waals surface area contributed by atoms with Crippen molar-refractivity contribution in [2.75, 3.05) is 5.32 Å². The molecule has 1 aromatic heterocycles. The molecule has 0 unspecified atom stereocenters. The number of anilines is 1. The van der Waals surface area contributed by atoms with E-state index in [9.17, 15) is 5.11 Å². The van der Waals surface area contributed by atoms with Crippen LogP contribution in [0.25, 0.3) is 0 Å². The lowest BCUT2D eigenvalue weighted by Gasteiger charge is -2.41. The van der Waals surface area contributed by atoms with Gasteiger partial charge >= 0.3 is 0 Å². The van der Waals surface area contributed by atoms with Crippen LogP contribution >= 0.6 is 11.6 Å². The van der Waals surface area contributed by atoms with Gasteiger partial charge in [-0.25, -0.2) is 0 Å². The number of rotatable bonds is 2. The molecule has 0 aliphatic heterocycles. The molecular formula is C10H14ClN3O. The van der Waals surface area contributed by atoms with E-state index in [-0.39, 0.29) is 6.04 Å². The second-order valence-corrected chi connectivity index (χ2v) is 4.81. The quantitative estimate of drug-likeness (QED) is 0.809. The van der Waals surface area contributed by atoms with Crippen molar-refractivity contribution in [3.8, 4) is 0 Å². The van der Waals surface area contributed by atoms with Crippen LogP contribution in [-0.2, 0) is 0 Å². The van der Waals surface area contributed by atoms with Crippen molar-refractivity contribution in [1.29, 1.82) is 0 Å². The molecule has 5 heteroatoms. The van der Waals surface area contributed by atoms with Crippen molar-refractivity contribution >= 4 is 17.4 Å². The zero-order valence-corrected chi connectivity index (χ0v) is 9.54. The van der Waals surface area contributed by atoms with Gasteiger partial charge in [-0.3, -0.25) is 0 Å². The van der Waals surface area contributed by atoms with E-state index in [0.29, 0.717) is 5.15 Å². The van der Waals surface area contributed by atoms with Crippen molar-refractivity contribution in [3.63, 3.8) is 0 Å². The smallest absolute Gasteiger partial charge is 0.154 e. The number of nitrogens with zero attached hydrogens (tertiary/aromatic N) is 2. The zero-order valence-electron chi connectivity index (χ0n) is 8.79. The SMILES string of the molecule is Cc1cc(N[C@H]2C[C@@](C)(O)C2)nnc1Cl. The number of aromatic nitrogens is 2. The maximum absolute atomic E-state index is 9.56. The summed E-state index contributed by atoms with van der Waals surface area (Å²) in [5, 5.41) is 21.0. The van der Waals surface area contributed by atoms with Gasteiger partial charge in [0.2, 0.25) is 0 Å². The first-order chi connectivity index (χ1) is 6.96. The molecule has 15 heavy (non-hydrogen) atoms. The van der Waals surface area contributed by atoms with Crippen LogP contribution in [0.3, 0.4) is 0 Å². The number of hydrogen-bond donors (Lipinski definition) is 2. The van der Waals surface area contributed by atoms with Gasteiger partial charge in [-0.2, -0.15) is 0 Å². The van der Waals surface area contributed by atoms with Gasteiger partial charge < -0.3 is 10.4 Å². The minimum absolute atomic E-state index is 0.287. The van der Waals surface area contributed by atoms with Crippen molar-refractivity contribution < 1.29 is 5.11 Å². The fourth-order valence-corrected chi connectivity index (χ4v) is 1.95. The molecule has 1 fully saturated rings. The third-order valence-electron chi connectivity index (χ3n) is 2.65. The topological polar surface area (TPSA) is 58.0 Å². The van der Waals surface area contributed by atoms with Crippen LogP contribution in [0.15, 0.2) is 6.07 Å². The molecule has 1 aliphatic rings. The molecule has 1 aromatic rings. The summed E-state index contributed by atoms with van der Waals surface area (Å²) in [7, 11) is 0. The van der Waals surface area contributed by atoms with Gasteiger partial charge in [0.25, 0.3) is 0 Å². The Kier molecular flexibility index (Phi) is 2.56. The van der Waals surface area contributed by atoms with Crippen LogP contribution in [0.2, 0.25) is 5.15 Å². The summed E-state index contributed by atoms with van der Waals surface area (Å²) < 4.78 is 0. The van der Waals surface area contributed by atoms with E-state index in [1.807, 2.05) is 19.9 Å². The fourth-order valence-electron chi connectivity index (χ4n) is 1.85. The summed E-state index contributed by atoms with van der Waals surface area (Å²) in [5.74, 6) is 0.720. The highest BCUT2D eigenvalue weighted by atomic mass is 35.5. The molecule has 1 aliphatic carbocycles. The van der Waals surface area contributed by atoms with Gasteiger partial charge in [0.15, 0.2) is 5.15 Å². The van der Waals surface area contributed by atoms with Crippen LogP contribution in [0.1, 0.15) is 25.3 Å². The molecule has 1 saturated carbocycles. The van der Waals surface area contributed by atoms with Gasteiger partial charge in [-0.15, -0.1) is 10.2 Å². The fraction of sp³-hybridized carbons (Fsp3) is 0.600. The van der Waals surface area contributed by atoms with E-state index < -0.39 is 5.60 Å². The molecule has 1 heterocycles. The van der Waals surface area contributed by atoms with Crippen LogP contribution in [0.4, 0.5) is 5.82 Å². The van der Waals surface area contributed by atoms with Gasteiger partial charge in [0.1, 0.15) is 5.82 Å². The summed E-state index contributed by atoms with van der Waals surface area (Å²) in [6.45, 7) is 3.73. The Morgan fingerprint density at radius 3 is 2.73 bits per heavy atom. The Hall–Kier alpha value is -0.870. The summed E-state index contributed by atoms with van der Waals surface area (Å²) in [4.78, 5) is 0. The Balaban J connectivity index is 1.98. The first-order valence-corrected chi connectivity index (χ1v) is 5.33. The summed E-state index contributed by atoms with van der Waals surface area (Å²) in [6.07, 6.45) is 1.49. The summed E-state index contributed by atoms with van der Waals surface area (Å²) in [6, 6.07) is 2.15. The van der Waals surface area contributed by atoms with E-state index in [1.165, 1.54) is 0 Å². The molecule has 0 saturated heterocycles. The third kappa shape index (κ3) is 2.38. The van der Waals surface area contributed by atoms with Crippen LogP contribution in [-0.4, -0.2) is 26.9 Å². The predicted molar refractivity (Wildman–Crippen MR) is 59.0 cm³/mol. The lowest BCUT2D eigenvalue weighted by Crippen LogP contribution is -2.48. The third-order valence-corrected chi connectivity index (χ3v) is 3.02. The highest BCUT2D eigenvalue weighted by molar-refractivity contribution is 6.30. The minimum atomic E-state index is -0.521. The van der Waals surface area contributed by atoms with Crippen molar-refractivity contribution in [2.24, 2.45) is 0 Å². The Bertz CT molecular complexity index is 373. The molecule has 2 rings (SSSR count). The molecule has 0 aromatic carbocycles. The summed E-state index contributed by atoms with van der Waals surface area (Å²) >= 11 is 5.77. The van der Waals surface area contributed by atoms with E-state index in [2.05, 4.69) is 15.5 Å². The van der Waals surface area contributed by atoms with E-state index in [0.717, 1.165) is 24.2 Å². The second-order valence-electron chi connectivity index (χ2n) is 4.45. The number of hydrogen-bond acceptors (Lipinski definition) is 4. The first kappa shape index (κ1) is 10.6. The normalized spacial score (nSPS) is 29.7. The summed E-state index contributed by atoms with van der Waals surface area (Å²) in [5.41, 5.74) is 0.382. The Labute approximate surface area is 93.7 Å². The molecular weight excluding hydrogens is 214 g/mol. The van der Waals surface area contributed by atoms with Crippen molar-refractivity contribution in [2.45, 2.75) is 38.3 Å². The van der Waals surface area contributed by atoms with Crippen molar-refractivity contribution in [3.05, 3.63) is 16.8 Å². The molecule has 0 amide bonds. The van der Waals surface area contributed by atoms with Gasteiger partial charge in [-0.05, 0) is 38.3 Å². The van der Waals surface area contributed by atoms with Crippen molar-refractivity contribution in [1.82, 2.24) is 10.2 Å². The number of aliphatic hydroxyl groups is 1. The highest BCUT2D eigenvalue weighted by Crippen LogP contribution is 2.33. The standard InChI is InChI=1S/C10H14ClN3O/c1-6-3-8(13-14-9(6)11)12-7-4-10(2,15)5-7/h3,7,15H,4-5H2,1-2H3,(H,12,13)/t7-,10+. The number of halogens is 1. The van der Waals surface area contributed by atoms with Gasteiger partial charge in [0, 0.05) is 6.04 Å². The first-order valence-electron chi connectivity index (χ1n) is 4.95. The maximum atomic E-state index is 9.56. The monoisotopic (exact) mass is 227 g/mol. The molecule has 4 nitrogen and oxygen atoms in total.